The van der Waals surface area contributed by atoms with Crippen molar-refractivity contribution in [3.05, 3.63) is 57.7 Å². The van der Waals surface area contributed by atoms with Crippen molar-refractivity contribution in [2.24, 2.45) is 0 Å². The minimum atomic E-state index is -0.552. The van der Waals surface area contributed by atoms with Gasteiger partial charge in [-0.25, -0.2) is 0 Å². The van der Waals surface area contributed by atoms with Gasteiger partial charge in [0.25, 0.3) is 5.91 Å². The Labute approximate surface area is 188 Å². The number of hydrogen-bond donors (Lipinski definition) is 3. The minimum Gasteiger partial charge on any atom is -0.496 e. The fourth-order valence-corrected chi connectivity index (χ4v) is 3.77. The van der Waals surface area contributed by atoms with Gasteiger partial charge in [-0.1, -0.05) is 15.9 Å². The van der Waals surface area contributed by atoms with Crippen LogP contribution in [0.2, 0.25) is 0 Å². The lowest BCUT2D eigenvalue weighted by atomic mass is 9.93. The molecule has 0 fully saturated rings. The molecule has 30 heavy (non-hydrogen) atoms. The van der Waals surface area contributed by atoms with Gasteiger partial charge < -0.3 is 30.2 Å². The number of halogens is 1. The normalized spacial score (nSPS) is 15.8. The van der Waals surface area contributed by atoms with Gasteiger partial charge in [0.15, 0.2) is 16.6 Å². The van der Waals surface area contributed by atoms with Crippen LogP contribution in [0, 0.1) is 0 Å². The Morgan fingerprint density at radius 2 is 1.63 bits per heavy atom. The molecule has 1 aliphatic rings. The predicted molar refractivity (Wildman–Crippen MR) is 123 cm³/mol. The molecule has 0 unspecified atom stereocenters. The van der Waals surface area contributed by atoms with Crippen molar-refractivity contribution in [1.82, 2.24) is 10.6 Å². The average Bonchev–Trinajstić information content (AvgIpc) is 2.73. The van der Waals surface area contributed by atoms with Gasteiger partial charge in [-0.15, -0.1) is 0 Å². The van der Waals surface area contributed by atoms with Crippen molar-refractivity contribution in [2.75, 3.05) is 26.6 Å². The monoisotopic (exact) mass is 491 g/mol. The van der Waals surface area contributed by atoms with Crippen LogP contribution in [0.5, 0.6) is 17.2 Å². The second-order valence-electron chi connectivity index (χ2n) is 6.48. The first kappa shape index (κ1) is 21.9. The number of anilines is 1. The Balaban J connectivity index is 2.05. The van der Waals surface area contributed by atoms with Gasteiger partial charge in [0, 0.05) is 27.5 Å². The first-order valence-electron chi connectivity index (χ1n) is 9.03. The zero-order valence-electron chi connectivity index (χ0n) is 17.0. The SMILES string of the molecule is COc1cc(OC)c([C@@H]2NC(=S)NC(C)=C2C(=O)Nc2ccc(Br)cc2)cc1OC. The van der Waals surface area contributed by atoms with Crippen LogP contribution in [0.1, 0.15) is 18.5 Å². The van der Waals surface area contributed by atoms with E-state index in [1.54, 1.807) is 33.5 Å². The van der Waals surface area contributed by atoms with Gasteiger partial charge >= 0.3 is 0 Å². The fraction of sp³-hybridized carbons (Fsp3) is 0.238. The summed E-state index contributed by atoms with van der Waals surface area (Å²) in [5.41, 5.74) is 2.50. The molecule has 0 saturated carbocycles. The van der Waals surface area contributed by atoms with Gasteiger partial charge in [-0.3, -0.25) is 4.79 Å². The highest BCUT2D eigenvalue weighted by Crippen LogP contribution is 2.40. The summed E-state index contributed by atoms with van der Waals surface area (Å²) in [5.74, 6) is 1.32. The van der Waals surface area contributed by atoms with Crippen LogP contribution in [0.4, 0.5) is 5.69 Å². The largest absolute Gasteiger partial charge is 0.496 e. The van der Waals surface area contributed by atoms with Crippen LogP contribution >= 0.6 is 28.1 Å². The van der Waals surface area contributed by atoms with E-state index in [2.05, 4.69) is 31.9 Å². The Bertz CT molecular complexity index is 1010. The van der Waals surface area contributed by atoms with Crippen molar-refractivity contribution in [3.63, 3.8) is 0 Å². The van der Waals surface area contributed by atoms with Crippen molar-refractivity contribution >= 4 is 44.9 Å². The zero-order chi connectivity index (χ0) is 21.8. The van der Waals surface area contributed by atoms with E-state index in [4.69, 9.17) is 26.4 Å². The molecule has 0 bridgehead atoms. The molecule has 1 amide bonds. The minimum absolute atomic E-state index is 0.265. The van der Waals surface area contributed by atoms with E-state index in [1.165, 1.54) is 0 Å². The molecule has 3 N–H and O–H groups in total. The van der Waals surface area contributed by atoms with E-state index < -0.39 is 6.04 Å². The molecule has 0 aliphatic carbocycles. The Kier molecular flexibility index (Phi) is 6.84. The number of amides is 1. The van der Waals surface area contributed by atoms with E-state index in [0.29, 0.717) is 44.9 Å². The van der Waals surface area contributed by atoms with Crippen LogP contribution < -0.4 is 30.2 Å². The summed E-state index contributed by atoms with van der Waals surface area (Å²) in [5, 5.41) is 9.54. The number of carbonyl (C=O) groups excluding carboxylic acids is 1. The molecule has 1 aliphatic heterocycles. The van der Waals surface area contributed by atoms with Gasteiger partial charge in [-0.2, -0.15) is 0 Å². The molecule has 7 nitrogen and oxygen atoms in total. The summed E-state index contributed by atoms with van der Waals surface area (Å²) >= 11 is 8.74. The molecule has 158 valence electrons. The van der Waals surface area contributed by atoms with Crippen LogP contribution in [-0.4, -0.2) is 32.3 Å². The Morgan fingerprint density at radius 1 is 1.03 bits per heavy atom. The number of hydrogen-bond acceptors (Lipinski definition) is 5. The number of thiocarbonyl (C=S) groups is 1. The summed E-state index contributed by atoms with van der Waals surface area (Å²) in [7, 11) is 4.66. The third-order valence-electron chi connectivity index (χ3n) is 4.66. The molecule has 0 radical (unpaired) electrons. The topological polar surface area (TPSA) is 80.9 Å². The molecular weight excluding hydrogens is 470 g/mol. The lowest BCUT2D eigenvalue weighted by Gasteiger charge is -2.31. The number of rotatable bonds is 6. The van der Waals surface area contributed by atoms with Crippen molar-refractivity contribution in [2.45, 2.75) is 13.0 Å². The molecule has 2 aromatic carbocycles. The highest BCUT2D eigenvalue weighted by molar-refractivity contribution is 9.10. The van der Waals surface area contributed by atoms with Gasteiger partial charge in [0.05, 0.1) is 32.9 Å². The van der Waals surface area contributed by atoms with E-state index >= 15 is 0 Å². The number of ether oxygens (including phenoxy) is 3. The lowest BCUT2D eigenvalue weighted by Crippen LogP contribution is -2.45. The highest BCUT2D eigenvalue weighted by Gasteiger charge is 2.33. The molecule has 3 rings (SSSR count). The summed E-state index contributed by atoms with van der Waals surface area (Å²) in [6.07, 6.45) is 0. The van der Waals surface area contributed by atoms with E-state index in [0.717, 1.165) is 4.47 Å². The van der Waals surface area contributed by atoms with Gasteiger partial charge in [-0.05, 0) is 49.5 Å². The van der Waals surface area contributed by atoms with E-state index in [-0.39, 0.29) is 5.91 Å². The molecule has 0 spiro atoms. The molecule has 0 saturated heterocycles. The number of methoxy groups -OCH3 is 3. The van der Waals surface area contributed by atoms with Gasteiger partial charge in [0.1, 0.15) is 5.75 Å². The maximum Gasteiger partial charge on any atom is 0.255 e. The smallest absolute Gasteiger partial charge is 0.255 e. The third-order valence-corrected chi connectivity index (χ3v) is 5.41. The second-order valence-corrected chi connectivity index (χ2v) is 7.80. The zero-order valence-corrected chi connectivity index (χ0v) is 19.4. The summed E-state index contributed by atoms with van der Waals surface area (Å²) in [4.78, 5) is 13.2. The fourth-order valence-electron chi connectivity index (χ4n) is 3.24. The quantitative estimate of drug-likeness (QED) is 0.528. The van der Waals surface area contributed by atoms with Crippen LogP contribution in [0.3, 0.4) is 0 Å². The average molecular weight is 492 g/mol. The number of allylic oxidation sites excluding steroid dienone is 1. The highest BCUT2D eigenvalue weighted by atomic mass is 79.9. The molecule has 9 heteroatoms. The second kappa shape index (κ2) is 9.36. The number of carbonyl (C=O) groups is 1. The Morgan fingerprint density at radius 3 is 2.23 bits per heavy atom. The first-order valence-corrected chi connectivity index (χ1v) is 10.2. The molecule has 0 aromatic heterocycles. The third kappa shape index (κ3) is 4.52. The first-order chi connectivity index (χ1) is 14.4. The maximum absolute atomic E-state index is 13.2. The maximum atomic E-state index is 13.2. The van der Waals surface area contributed by atoms with Crippen LogP contribution in [0.15, 0.2) is 52.1 Å². The van der Waals surface area contributed by atoms with E-state index in [9.17, 15) is 4.79 Å². The van der Waals surface area contributed by atoms with Crippen LogP contribution in [-0.2, 0) is 4.79 Å². The molecular formula is C21H22BrN3O4S. The molecule has 2 aromatic rings. The number of benzene rings is 2. The summed E-state index contributed by atoms with van der Waals surface area (Å²) in [6, 6.07) is 10.3. The van der Waals surface area contributed by atoms with Crippen LogP contribution in [0.25, 0.3) is 0 Å². The van der Waals surface area contributed by atoms with E-state index in [1.807, 2.05) is 31.2 Å². The Hall–Kier alpha value is -2.78. The van der Waals surface area contributed by atoms with Crippen molar-refractivity contribution in [1.29, 1.82) is 0 Å². The van der Waals surface area contributed by atoms with Crippen molar-refractivity contribution < 1.29 is 19.0 Å². The summed E-state index contributed by atoms with van der Waals surface area (Å²) < 4.78 is 17.3. The predicted octanol–water partition coefficient (Wildman–Crippen LogP) is 3.91. The lowest BCUT2D eigenvalue weighted by molar-refractivity contribution is -0.113. The number of nitrogens with one attached hydrogen (secondary N) is 3. The van der Waals surface area contributed by atoms with Crippen molar-refractivity contribution in [3.8, 4) is 17.2 Å². The van der Waals surface area contributed by atoms with Gasteiger partial charge in [0.2, 0.25) is 0 Å². The standard InChI is InChI=1S/C21H22BrN3O4S/c1-11-18(20(26)24-13-7-5-12(22)6-8-13)19(25-21(30)23-11)14-9-16(28-3)17(29-4)10-15(14)27-2/h5-10,19H,1-4H3,(H,24,26)(H2,23,25,30)/t19-/m0/s1. The molecule has 1 atom stereocenters. The summed E-state index contributed by atoms with van der Waals surface area (Å²) in [6.45, 7) is 1.81. The molecule has 1 heterocycles.